The number of hydrogen-bond acceptors (Lipinski definition) is 5. The Morgan fingerprint density at radius 2 is 1.66 bits per heavy atom. The molecule has 4 rings (SSSR count). The van der Waals surface area contributed by atoms with Crippen LogP contribution in [-0.4, -0.2) is 23.6 Å². The Bertz CT molecular complexity index is 1060. The van der Waals surface area contributed by atoms with Gasteiger partial charge in [0.2, 0.25) is 6.79 Å². The van der Waals surface area contributed by atoms with Gasteiger partial charge in [-0.2, -0.15) is 0 Å². The summed E-state index contributed by atoms with van der Waals surface area (Å²) < 4.78 is 10.6. The van der Waals surface area contributed by atoms with Gasteiger partial charge in [0.05, 0.1) is 11.1 Å². The molecule has 146 valence electrons. The summed E-state index contributed by atoms with van der Waals surface area (Å²) in [6, 6.07) is 14.5. The standard InChI is InChI=1S/C22H19N3O4/c1-14-2-5-18(6-3-14)25-22(27)17-9-16(11-23-12-17)21(26)24-10-15-4-7-19-20(8-15)29-13-28-19/h2-9,11-12H,10,13H2,1H3,(H,24,26)(H,25,27). The fraction of sp³-hybridized carbons (Fsp3) is 0.136. The summed E-state index contributed by atoms with van der Waals surface area (Å²) in [5, 5.41) is 5.62. The molecule has 0 saturated carbocycles. The Kier molecular flexibility index (Phi) is 5.11. The first kappa shape index (κ1) is 18.5. The van der Waals surface area contributed by atoms with Gasteiger partial charge in [0.1, 0.15) is 0 Å². The number of carbonyl (C=O) groups is 2. The molecule has 29 heavy (non-hydrogen) atoms. The smallest absolute Gasteiger partial charge is 0.257 e. The predicted molar refractivity (Wildman–Crippen MR) is 107 cm³/mol. The number of aryl methyl sites for hydroxylation is 1. The molecule has 0 aliphatic carbocycles. The molecule has 0 fully saturated rings. The van der Waals surface area contributed by atoms with E-state index in [1.807, 2.05) is 43.3 Å². The van der Waals surface area contributed by atoms with Crippen LogP contribution < -0.4 is 20.1 Å². The highest BCUT2D eigenvalue weighted by Crippen LogP contribution is 2.32. The second-order valence-electron chi connectivity index (χ2n) is 6.65. The first-order valence-electron chi connectivity index (χ1n) is 9.08. The van der Waals surface area contributed by atoms with E-state index < -0.39 is 0 Å². The molecule has 2 N–H and O–H groups in total. The Hall–Kier alpha value is -3.87. The van der Waals surface area contributed by atoms with Crippen molar-refractivity contribution in [2.24, 2.45) is 0 Å². The molecule has 0 spiro atoms. The van der Waals surface area contributed by atoms with Crippen molar-refractivity contribution in [1.29, 1.82) is 0 Å². The van der Waals surface area contributed by atoms with Crippen LogP contribution in [0.2, 0.25) is 0 Å². The molecule has 0 bridgehead atoms. The van der Waals surface area contributed by atoms with Crippen molar-refractivity contribution in [2.75, 3.05) is 12.1 Å². The molecule has 1 aliphatic heterocycles. The monoisotopic (exact) mass is 389 g/mol. The molecule has 0 unspecified atom stereocenters. The Balaban J connectivity index is 1.40. The van der Waals surface area contributed by atoms with Crippen molar-refractivity contribution >= 4 is 17.5 Å². The first-order valence-corrected chi connectivity index (χ1v) is 9.08. The van der Waals surface area contributed by atoms with Crippen LogP contribution in [0.1, 0.15) is 31.8 Å². The second kappa shape index (κ2) is 8.02. The molecule has 2 amide bonds. The largest absolute Gasteiger partial charge is 0.454 e. The normalized spacial score (nSPS) is 11.8. The molecule has 3 aromatic rings. The maximum atomic E-state index is 12.5. The summed E-state index contributed by atoms with van der Waals surface area (Å²) in [6.07, 6.45) is 2.86. The second-order valence-corrected chi connectivity index (χ2v) is 6.65. The number of nitrogens with one attached hydrogen (secondary N) is 2. The molecule has 7 heteroatoms. The Labute approximate surface area is 167 Å². The Morgan fingerprint density at radius 1 is 0.931 bits per heavy atom. The van der Waals surface area contributed by atoms with Gasteiger partial charge in [0, 0.05) is 24.6 Å². The molecule has 0 radical (unpaired) electrons. The third-order valence-electron chi connectivity index (χ3n) is 4.46. The number of aromatic nitrogens is 1. The van der Waals surface area contributed by atoms with E-state index in [0.29, 0.717) is 34.9 Å². The molecule has 1 aliphatic rings. The third kappa shape index (κ3) is 4.35. The van der Waals surface area contributed by atoms with Crippen molar-refractivity contribution in [3.8, 4) is 11.5 Å². The lowest BCUT2D eigenvalue weighted by atomic mass is 10.1. The number of benzene rings is 2. The molecular formula is C22H19N3O4. The van der Waals surface area contributed by atoms with Crippen molar-refractivity contribution in [3.05, 3.63) is 83.2 Å². The summed E-state index contributed by atoms with van der Waals surface area (Å²) >= 11 is 0. The molecular weight excluding hydrogens is 370 g/mol. The molecule has 7 nitrogen and oxygen atoms in total. The number of nitrogens with zero attached hydrogens (tertiary/aromatic N) is 1. The van der Waals surface area contributed by atoms with E-state index in [0.717, 1.165) is 11.1 Å². The molecule has 1 aromatic heterocycles. The quantitative estimate of drug-likeness (QED) is 0.699. The third-order valence-corrected chi connectivity index (χ3v) is 4.46. The van der Waals surface area contributed by atoms with Gasteiger partial charge in [0.25, 0.3) is 11.8 Å². The molecule has 0 atom stereocenters. The maximum Gasteiger partial charge on any atom is 0.257 e. The highest BCUT2D eigenvalue weighted by Gasteiger charge is 2.15. The van der Waals surface area contributed by atoms with E-state index in [2.05, 4.69) is 15.6 Å². The fourth-order valence-electron chi connectivity index (χ4n) is 2.86. The minimum Gasteiger partial charge on any atom is -0.454 e. The van der Waals surface area contributed by atoms with Crippen LogP contribution in [0.4, 0.5) is 5.69 Å². The number of pyridine rings is 1. The minimum atomic E-state index is -0.327. The molecule has 2 aromatic carbocycles. The number of fused-ring (bicyclic) bond motifs is 1. The van der Waals surface area contributed by atoms with Crippen LogP contribution in [0.5, 0.6) is 11.5 Å². The summed E-state index contributed by atoms with van der Waals surface area (Å²) in [7, 11) is 0. The summed E-state index contributed by atoms with van der Waals surface area (Å²) in [5.41, 5.74) is 3.27. The molecule has 2 heterocycles. The fourth-order valence-corrected chi connectivity index (χ4v) is 2.86. The zero-order chi connectivity index (χ0) is 20.2. The highest BCUT2D eigenvalue weighted by molar-refractivity contribution is 6.05. The predicted octanol–water partition coefficient (Wildman–Crippen LogP) is 3.30. The first-order chi connectivity index (χ1) is 14.1. The van der Waals surface area contributed by atoms with Crippen LogP contribution >= 0.6 is 0 Å². The van der Waals surface area contributed by atoms with Gasteiger partial charge in [-0.15, -0.1) is 0 Å². The number of rotatable bonds is 5. The van der Waals surface area contributed by atoms with Crippen LogP contribution in [0.15, 0.2) is 60.9 Å². The van der Waals surface area contributed by atoms with E-state index in [-0.39, 0.29) is 18.6 Å². The average Bonchev–Trinajstić information content (AvgIpc) is 3.21. The lowest BCUT2D eigenvalue weighted by Crippen LogP contribution is -2.23. The lowest BCUT2D eigenvalue weighted by Gasteiger charge is -2.08. The average molecular weight is 389 g/mol. The van der Waals surface area contributed by atoms with E-state index in [1.165, 1.54) is 18.5 Å². The van der Waals surface area contributed by atoms with Gasteiger partial charge in [-0.25, -0.2) is 0 Å². The Morgan fingerprint density at radius 3 is 2.45 bits per heavy atom. The van der Waals surface area contributed by atoms with Crippen LogP contribution in [0, 0.1) is 6.92 Å². The van der Waals surface area contributed by atoms with E-state index >= 15 is 0 Å². The van der Waals surface area contributed by atoms with Crippen molar-refractivity contribution < 1.29 is 19.1 Å². The van der Waals surface area contributed by atoms with Gasteiger partial charge < -0.3 is 20.1 Å². The van der Waals surface area contributed by atoms with Crippen molar-refractivity contribution in [1.82, 2.24) is 10.3 Å². The minimum absolute atomic E-state index is 0.203. The summed E-state index contributed by atoms with van der Waals surface area (Å²) in [4.78, 5) is 29.0. The topological polar surface area (TPSA) is 89.6 Å². The number of anilines is 1. The number of hydrogen-bond donors (Lipinski definition) is 2. The SMILES string of the molecule is Cc1ccc(NC(=O)c2cncc(C(=O)NCc3ccc4c(c3)OCO4)c2)cc1. The van der Waals surface area contributed by atoms with Crippen molar-refractivity contribution in [2.45, 2.75) is 13.5 Å². The zero-order valence-corrected chi connectivity index (χ0v) is 15.8. The van der Waals surface area contributed by atoms with Gasteiger partial charge in [-0.3, -0.25) is 14.6 Å². The van der Waals surface area contributed by atoms with Crippen LogP contribution in [0.3, 0.4) is 0 Å². The summed E-state index contributed by atoms with van der Waals surface area (Å²) in [6.45, 7) is 2.49. The van der Waals surface area contributed by atoms with Gasteiger partial charge >= 0.3 is 0 Å². The maximum absolute atomic E-state index is 12.5. The number of ether oxygens (including phenoxy) is 2. The van der Waals surface area contributed by atoms with E-state index in [1.54, 1.807) is 6.07 Å². The van der Waals surface area contributed by atoms with E-state index in [4.69, 9.17) is 9.47 Å². The van der Waals surface area contributed by atoms with Gasteiger partial charge in [0.15, 0.2) is 11.5 Å². The van der Waals surface area contributed by atoms with Crippen molar-refractivity contribution in [3.63, 3.8) is 0 Å². The number of carbonyl (C=O) groups excluding carboxylic acids is 2. The van der Waals surface area contributed by atoms with E-state index in [9.17, 15) is 9.59 Å². The van der Waals surface area contributed by atoms with Crippen LogP contribution in [-0.2, 0) is 6.54 Å². The van der Waals surface area contributed by atoms with Crippen LogP contribution in [0.25, 0.3) is 0 Å². The van der Waals surface area contributed by atoms with Gasteiger partial charge in [-0.1, -0.05) is 23.8 Å². The lowest BCUT2D eigenvalue weighted by molar-refractivity contribution is 0.0950. The van der Waals surface area contributed by atoms with Gasteiger partial charge in [-0.05, 0) is 42.8 Å². The highest BCUT2D eigenvalue weighted by atomic mass is 16.7. The number of amides is 2. The summed E-state index contributed by atoms with van der Waals surface area (Å²) in [5.74, 6) is 0.705. The zero-order valence-electron chi connectivity index (χ0n) is 15.8. The molecule has 0 saturated heterocycles.